The molecule has 2 amide bonds. The van der Waals surface area contributed by atoms with Crippen LogP contribution in [-0.2, 0) is 11.2 Å². The highest BCUT2D eigenvalue weighted by molar-refractivity contribution is 5.80. The van der Waals surface area contributed by atoms with Crippen molar-refractivity contribution in [3.8, 4) is 0 Å². The van der Waals surface area contributed by atoms with Crippen LogP contribution in [0.3, 0.4) is 0 Å². The summed E-state index contributed by atoms with van der Waals surface area (Å²) in [4.78, 5) is 24.4. The maximum absolute atomic E-state index is 12.1. The minimum Gasteiger partial charge on any atom is -0.480 e. The van der Waals surface area contributed by atoms with Crippen LogP contribution in [0, 0.1) is 5.92 Å². The molecule has 2 N–H and O–H groups in total. The van der Waals surface area contributed by atoms with E-state index in [1.807, 2.05) is 19.1 Å². The third kappa shape index (κ3) is 5.49. The SMILES string of the molecule is CC(CCc1ccco1)NC(=O)N(CC(=O)O)CC1CC1. The van der Waals surface area contributed by atoms with Gasteiger partial charge in [0.2, 0.25) is 0 Å². The second kappa shape index (κ2) is 7.15. The van der Waals surface area contributed by atoms with E-state index in [0.717, 1.165) is 31.4 Å². The number of carbonyl (C=O) groups excluding carboxylic acids is 1. The molecule has 6 nitrogen and oxygen atoms in total. The lowest BCUT2D eigenvalue weighted by molar-refractivity contribution is -0.137. The highest BCUT2D eigenvalue weighted by Gasteiger charge is 2.28. The third-order valence-electron chi connectivity index (χ3n) is 3.56. The smallest absolute Gasteiger partial charge is 0.323 e. The zero-order valence-electron chi connectivity index (χ0n) is 12.2. The van der Waals surface area contributed by atoms with Gasteiger partial charge in [0, 0.05) is 19.0 Å². The number of furan rings is 1. The summed E-state index contributed by atoms with van der Waals surface area (Å²) in [6.07, 6.45) is 5.29. The molecule has 0 spiro atoms. The highest BCUT2D eigenvalue weighted by atomic mass is 16.4. The van der Waals surface area contributed by atoms with Crippen molar-refractivity contribution < 1.29 is 19.1 Å². The second-order valence-electron chi connectivity index (χ2n) is 5.69. The average Bonchev–Trinajstić information content (AvgIpc) is 3.08. The molecule has 1 aliphatic carbocycles. The zero-order valence-corrected chi connectivity index (χ0v) is 12.2. The molecule has 1 aliphatic rings. The van der Waals surface area contributed by atoms with E-state index < -0.39 is 5.97 Å². The van der Waals surface area contributed by atoms with Gasteiger partial charge in [0.05, 0.1) is 6.26 Å². The lowest BCUT2D eigenvalue weighted by Gasteiger charge is -2.23. The normalized spacial score (nSPS) is 15.5. The van der Waals surface area contributed by atoms with Crippen molar-refractivity contribution in [2.75, 3.05) is 13.1 Å². The Hall–Kier alpha value is -1.98. The number of urea groups is 1. The molecule has 1 fully saturated rings. The van der Waals surface area contributed by atoms with Crippen LogP contribution in [0.2, 0.25) is 0 Å². The quantitative estimate of drug-likeness (QED) is 0.769. The summed E-state index contributed by atoms with van der Waals surface area (Å²) in [5.41, 5.74) is 0. The number of rotatable bonds is 8. The molecule has 1 aromatic rings. The van der Waals surface area contributed by atoms with Crippen molar-refractivity contribution in [2.24, 2.45) is 5.92 Å². The molecule has 116 valence electrons. The molecule has 1 atom stereocenters. The number of aryl methyl sites for hydroxylation is 1. The minimum absolute atomic E-state index is 0.0295. The van der Waals surface area contributed by atoms with Gasteiger partial charge in [0.1, 0.15) is 12.3 Å². The van der Waals surface area contributed by atoms with Crippen molar-refractivity contribution >= 4 is 12.0 Å². The Bertz CT molecular complexity index is 468. The molecular weight excluding hydrogens is 272 g/mol. The largest absolute Gasteiger partial charge is 0.480 e. The van der Waals surface area contributed by atoms with Crippen molar-refractivity contribution in [3.63, 3.8) is 0 Å². The number of hydrogen-bond acceptors (Lipinski definition) is 3. The Morgan fingerprint density at radius 2 is 2.29 bits per heavy atom. The second-order valence-corrected chi connectivity index (χ2v) is 5.69. The number of nitrogens with zero attached hydrogens (tertiary/aromatic N) is 1. The minimum atomic E-state index is -0.978. The molecule has 1 saturated carbocycles. The monoisotopic (exact) mass is 294 g/mol. The predicted molar refractivity (Wildman–Crippen MR) is 77.0 cm³/mol. The van der Waals surface area contributed by atoms with Crippen molar-refractivity contribution in [1.29, 1.82) is 0 Å². The fraction of sp³-hybridized carbons (Fsp3) is 0.600. The van der Waals surface area contributed by atoms with Gasteiger partial charge in [-0.3, -0.25) is 4.79 Å². The lowest BCUT2D eigenvalue weighted by atomic mass is 10.1. The topological polar surface area (TPSA) is 82.8 Å². The van der Waals surface area contributed by atoms with Gasteiger partial charge in [-0.05, 0) is 44.2 Å². The molecule has 0 radical (unpaired) electrons. The number of amides is 2. The van der Waals surface area contributed by atoms with Gasteiger partial charge in [-0.2, -0.15) is 0 Å². The number of hydrogen-bond donors (Lipinski definition) is 2. The fourth-order valence-corrected chi connectivity index (χ4v) is 2.18. The summed E-state index contributed by atoms with van der Waals surface area (Å²) in [5, 5.41) is 11.8. The van der Waals surface area contributed by atoms with Crippen LogP contribution in [0.15, 0.2) is 22.8 Å². The van der Waals surface area contributed by atoms with E-state index in [1.54, 1.807) is 6.26 Å². The van der Waals surface area contributed by atoms with Gasteiger partial charge in [-0.1, -0.05) is 0 Å². The first-order valence-corrected chi connectivity index (χ1v) is 7.34. The number of carbonyl (C=O) groups is 2. The van der Waals surface area contributed by atoms with Gasteiger partial charge >= 0.3 is 12.0 Å². The predicted octanol–water partition coefficient (Wildman–Crippen LogP) is 2.11. The van der Waals surface area contributed by atoms with E-state index in [0.29, 0.717) is 12.5 Å². The number of carboxylic acids is 1. The Balaban J connectivity index is 1.77. The molecule has 2 rings (SSSR count). The van der Waals surface area contributed by atoms with E-state index >= 15 is 0 Å². The maximum atomic E-state index is 12.1. The first-order valence-electron chi connectivity index (χ1n) is 7.34. The Labute approximate surface area is 124 Å². The molecule has 0 aromatic carbocycles. The summed E-state index contributed by atoms with van der Waals surface area (Å²) in [6.45, 7) is 2.20. The summed E-state index contributed by atoms with van der Waals surface area (Å²) in [5.74, 6) is 0.374. The van der Waals surface area contributed by atoms with Crippen molar-refractivity contribution in [3.05, 3.63) is 24.2 Å². The average molecular weight is 294 g/mol. The van der Waals surface area contributed by atoms with Crippen LogP contribution in [0.1, 0.15) is 31.9 Å². The van der Waals surface area contributed by atoms with Crippen molar-refractivity contribution in [1.82, 2.24) is 10.2 Å². The van der Waals surface area contributed by atoms with E-state index in [2.05, 4.69) is 5.32 Å². The molecule has 0 saturated heterocycles. The number of carboxylic acid groups (broad SMARTS) is 1. The van der Waals surface area contributed by atoms with E-state index in [-0.39, 0.29) is 18.6 Å². The van der Waals surface area contributed by atoms with E-state index in [9.17, 15) is 9.59 Å². The van der Waals surface area contributed by atoms with E-state index in [1.165, 1.54) is 4.90 Å². The molecule has 1 unspecified atom stereocenters. The standard InChI is InChI=1S/C15H22N2O4/c1-11(4-7-13-3-2-8-21-13)16-15(20)17(10-14(18)19)9-12-5-6-12/h2-3,8,11-12H,4-7,9-10H2,1H3,(H,16,20)(H,18,19). The van der Waals surface area contributed by atoms with Crippen molar-refractivity contribution in [2.45, 2.75) is 38.6 Å². The van der Waals surface area contributed by atoms with Gasteiger partial charge < -0.3 is 19.7 Å². The lowest BCUT2D eigenvalue weighted by Crippen LogP contribution is -2.46. The van der Waals surface area contributed by atoms with Gasteiger partial charge in [0.25, 0.3) is 0 Å². The summed E-state index contributed by atoms with van der Waals surface area (Å²) < 4.78 is 5.25. The van der Waals surface area contributed by atoms with Crippen LogP contribution in [0.5, 0.6) is 0 Å². The van der Waals surface area contributed by atoms with E-state index in [4.69, 9.17) is 9.52 Å². The van der Waals surface area contributed by atoms with Crippen LogP contribution in [0.25, 0.3) is 0 Å². The molecule has 1 aromatic heterocycles. The Morgan fingerprint density at radius 3 is 2.86 bits per heavy atom. The van der Waals surface area contributed by atoms with Gasteiger partial charge in [-0.25, -0.2) is 4.79 Å². The highest BCUT2D eigenvalue weighted by Crippen LogP contribution is 2.29. The Morgan fingerprint density at radius 1 is 1.52 bits per heavy atom. The first kappa shape index (κ1) is 15.4. The van der Waals surface area contributed by atoms with Crippen LogP contribution in [0.4, 0.5) is 4.79 Å². The number of aliphatic carboxylic acids is 1. The molecule has 0 bridgehead atoms. The zero-order chi connectivity index (χ0) is 15.2. The first-order chi connectivity index (χ1) is 10.0. The maximum Gasteiger partial charge on any atom is 0.323 e. The van der Waals surface area contributed by atoms with Crippen LogP contribution < -0.4 is 5.32 Å². The summed E-state index contributed by atoms with van der Waals surface area (Å²) in [6, 6.07) is 3.41. The molecule has 1 heterocycles. The fourth-order valence-electron chi connectivity index (χ4n) is 2.18. The summed E-state index contributed by atoms with van der Waals surface area (Å²) >= 11 is 0. The Kier molecular flexibility index (Phi) is 5.25. The number of nitrogens with one attached hydrogen (secondary N) is 1. The third-order valence-corrected chi connectivity index (χ3v) is 3.56. The molecule has 0 aliphatic heterocycles. The molecule has 6 heteroatoms. The van der Waals surface area contributed by atoms with Gasteiger partial charge in [0.15, 0.2) is 0 Å². The molecule has 21 heavy (non-hydrogen) atoms. The van der Waals surface area contributed by atoms with Crippen LogP contribution >= 0.6 is 0 Å². The molecular formula is C15H22N2O4. The van der Waals surface area contributed by atoms with Gasteiger partial charge in [-0.15, -0.1) is 0 Å². The van der Waals surface area contributed by atoms with Crippen LogP contribution in [-0.4, -0.2) is 41.1 Å². The summed E-state index contributed by atoms with van der Waals surface area (Å²) in [7, 11) is 0.